The van der Waals surface area contributed by atoms with Crippen LogP contribution in [0.1, 0.15) is 45.6 Å². The molecule has 0 aliphatic carbocycles. The number of hydrogen-bond acceptors (Lipinski definition) is 3. The summed E-state index contributed by atoms with van der Waals surface area (Å²) in [5.74, 6) is 0.916. The van der Waals surface area contributed by atoms with E-state index in [0.717, 1.165) is 31.7 Å². The summed E-state index contributed by atoms with van der Waals surface area (Å²) in [7, 11) is 1.70. The first kappa shape index (κ1) is 18.0. The monoisotopic (exact) mass is 292 g/mol. The first-order valence-electron chi connectivity index (χ1n) is 8.17. The molecule has 0 aliphatic heterocycles. The minimum absolute atomic E-state index is 0.0892. The Hall–Kier alpha value is -1.06. The molecule has 3 heteroatoms. The van der Waals surface area contributed by atoms with Gasteiger partial charge in [0.2, 0.25) is 0 Å². The van der Waals surface area contributed by atoms with Gasteiger partial charge >= 0.3 is 0 Å². The van der Waals surface area contributed by atoms with E-state index in [4.69, 9.17) is 10.5 Å². The third-order valence-electron chi connectivity index (χ3n) is 4.30. The summed E-state index contributed by atoms with van der Waals surface area (Å²) >= 11 is 0. The van der Waals surface area contributed by atoms with Gasteiger partial charge in [-0.2, -0.15) is 0 Å². The fraction of sp³-hybridized carbons (Fsp3) is 0.667. The summed E-state index contributed by atoms with van der Waals surface area (Å²) in [5.41, 5.74) is 7.56. The van der Waals surface area contributed by atoms with Crippen LogP contribution in [-0.4, -0.2) is 37.2 Å². The highest BCUT2D eigenvalue weighted by atomic mass is 16.5. The van der Waals surface area contributed by atoms with Gasteiger partial charge in [-0.25, -0.2) is 0 Å². The maximum Gasteiger partial charge on any atom is 0.118 e. The quantitative estimate of drug-likeness (QED) is 0.717. The fourth-order valence-corrected chi connectivity index (χ4v) is 2.79. The zero-order valence-corrected chi connectivity index (χ0v) is 14.2. The number of aryl methyl sites for hydroxylation is 1. The molecule has 1 unspecified atom stereocenters. The molecule has 0 radical (unpaired) electrons. The van der Waals surface area contributed by atoms with Crippen LogP contribution in [0.2, 0.25) is 0 Å². The molecule has 0 aliphatic rings. The Labute approximate surface area is 130 Å². The smallest absolute Gasteiger partial charge is 0.118 e. The number of nitrogens with two attached hydrogens (primary N) is 1. The lowest BCUT2D eigenvalue weighted by Gasteiger charge is -2.41. The summed E-state index contributed by atoms with van der Waals surface area (Å²) in [4.78, 5) is 2.57. The number of rotatable bonds is 10. The van der Waals surface area contributed by atoms with E-state index >= 15 is 0 Å². The highest BCUT2D eigenvalue weighted by Gasteiger charge is 2.28. The van der Waals surface area contributed by atoms with E-state index in [0.29, 0.717) is 6.54 Å². The molecule has 1 rings (SSSR count). The van der Waals surface area contributed by atoms with Gasteiger partial charge in [0.25, 0.3) is 0 Å². The van der Waals surface area contributed by atoms with Crippen molar-refractivity contribution < 1.29 is 4.74 Å². The minimum atomic E-state index is 0.0892. The predicted molar refractivity (Wildman–Crippen MR) is 90.9 cm³/mol. The molecule has 21 heavy (non-hydrogen) atoms. The molecule has 0 aromatic heterocycles. The Bertz CT molecular complexity index is 385. The zero-order chi connectivity index (χ0) is 15.7. The number of methoxy groups -OCH3 is 1. The Morgan fingerprint density at radius 2 is 1.67 bits per heavy atom. The maximum atomic E-state index is 6.12. The third kappa shape index (κ3) is 5.33. The Morgan fingerprint density at radius 1 is 1.10 bits per heavy atom. The van der Waals surface area contributed by atoms with Crippen LogP contribution in [0.4, 0.5) is 0 Å². The standard InChI is InChI=1S/C18H32N2O/c1-5-13-20(14-6-2)18(3,15-19)12-11-16-7-9-17(21-4)10-8-16/h7-10H,5-6,11-15,19H2,1-4H3. The van der Waals surface area contributed by atoms with Gasteiger partial charge in [-0.3, -0.25) is 4.90 Å². The minimum Gasteiger partial charge on any atom is -0.497 e. The van der Waals surface area contributed by atoms with Gasteiger partial charge in [-0.15, -0.1) is 0 Å². The van der Waals surface area contributed by atoms with Crippen LogP contribution in [0, 0.1) is 0 Å². The van der Waals surface area contributed by atoms with Crippen molar-refractivity contribution in [2.45, 2.75) is 52.0 Å². The number of benzene rings is 1. The van der Waals surface area contributed by atoms with E-state index < -0.39 is 0 Å². The fourth-order valence-electron chi connectivity index (χ4n) is 2.79. The first-order valence-corrected chi connectivity index (χ1v) is 8.17. The second kappa shape index (κ2) is 9.06. The van der Waals surface area contributed by atoms with Crippen molar-refractivity contribution in [1.29, 1.82) is 0 Å². The largest absolute Gasteiger partial charge is 0.497 e. The molecule has 0 amide bonds. The van der Waals surface area contributed by atoms with E-state index in [1.807, 2.05) is 12.1 Å². The number of hydrogen-bond donors (Lipinski definition) is 1. The van der Waals surface area contributed by atoms with Crippen LogP contribution in [0.5, 0.6) is 5.75 Å². The van der Waals surface area contributed by atoms with Crippen molar-refractivity contribution in [1.82, 2.24) is 4.90 Å². The SMILES string of the molecule is CCCN(CCC)C(C)(CN)CCc1ccc(OC)cc1. The highest BCUT2D eigenvalue weighted by molar-refractivity contribution is 5.27. The molecule has 0 fully saturated rings. The summed E-state index contributed by atoms with van der Waals surface area (Å²) in [6.07, 6.45) is 4.51. The molecule has 120 valence electrons. The van der Waals surface area contributed by atoms with E-state index in [1.54, 1.807) is 7.11 Å². The molecule has 1 atom stereocenters. The highest BCUT2D eigenvalue weighted by Crippen LogP contribution is 2.23. The molecule has 0 saturated carbocycles. The van der Waals surface area contributed by atoms with Gasteiger partial charge in [0, 0.05) is 12.1 Å². The van der Waals surface area contributed by atoms with Gasteiger partial charge in [-0.1, -0.05) is 26.0 Å². The normalized spacial score (nSPS) is 14.2. The van der Waals surface area contributed by atoms with Crippen molar-refractivity contribution >= 4 is 0 Å². The Kier molecular flexibility index (Phi) is 7.76. The second-order valence-corrected chi connectivity index (χ2v) is 6.04. The first-order chi connectivity index (χ1) is 10.1. The van der Waals surface area contributed by atoms with Gasteiger partial charge in [0.15, 0.2) is 0 Å². The van der Waals surface area contributed by atoms with Crippen molar-refractivity contribution in [2.24, 2.45) is 5.73 Å². The van der Waals surface area contributed by atoms with Crippen LogP contribution in [0.25, 0.3) is 0 Å². The van der Waals surface area contributed by atoms with Gasteiger partial charge in [0.1, 0.15) is 5.75 Å². The van der Waals surface area contributed by atoms with Crippen LogP contribution < -0.4 is 10.5 Å². The number of nitrogens with zero attached hydrogens (tertiary/aromatic N) is 1. The van der Waals surface area contributed by atoms with Gasteiger partial charge < -0.3 is 10.5 Å². The molecule has 0 bridgehead atoms. The predicted octanol–water partition coefficient (Wildman–Crippen LogP) is 3.47. The van der Waals surface area contributed by atoms with Crippen LogP contribution in [0.15, 0.2) is 24.3 Å². The molecular weight excluding hydrogens is 260 g/mol. The summed E-state index contributed by atoms with van der Waals surface area (Å²) in [6, 6.07) is 8.37. The molecule has 0 spiro atoms. The summed E-state index contributed by atoms with van der Waals surface area (Å²) in [5, 5.41) is 0. The average molecular weight is 292 g/mol. The van der Waals surface area contributed by atoms with Crippen molar-refractivity contribution in [3.63, 3.8) is 0 Å². The van der Waals surface area contributed by atoms with Crippen molar-refractivity contribution in [2.75, 3.05) is 26.7 Å². The molecule has 3 nitrogen and oxygen atoms in total. The van der Waals surface area contributed by atoms with E-state index in [1.165, 1.54) is 18.4 Å². The summed E-state index contributed by atoms with van der Waals surface area (Å²) < 4.78 is 5.21. The van der Waals surface area contributed by atoms with E-state index in [-0.39, 0.29) is 5.54 Å². The molecule has 0 heterocycles. The lowest BCUT2D eigenvalue weighted by Crippen LogP contribution is -2.52. The molecular formula is C18H32N2O. The average Bonchev–Trinajstić information content (AvgIpc) is 2.53. The topological polar surface area (TPSA) is 38.5 Å². The zero-order valence-electron chi connectivity index (χ0n) is 14.2. The van der Waals surface area contributed by atoms with Crippen LogP contribution in [-0.2, 0) is 6.42 Å². The Morgan fingerprint density at radius 3 is 2.10 bits per heavy atom. The summed E-state index contributed by atoms with van der Waals surface area (Å²) in [6.45, 7) is 9.76. The third-order valence-corrected chi connectivity index (χ3v) is 4.30. The second-order valence-electron chi connectivity index (χ2n) is 6.04. The molecule has 0 saturated heterocycles. The van der Waals surface area contributed by atoms with Crippen molar-refractivity contribution in [3.05, 3.63) is 29.8 Å². The molecule has 2 N–H and O–H groups in total. The van der Waals surface area contributed by atoms with Gasteiger partial charge in [-0.05, 0) is 63.4 Å². The lowest BCUT2D eigenvalue weighted by molar-refractivity contribution is 0.101. The van der Waals surface area contributed by atoms with Crippen LogP contribution >= 0.6 is 0 Å². The maximum absolute atomic E-state index is 6.12. The van der Waals surface area contributed by atoms with Gasteiger partial charge in [0.05, 0.1) is 7.11 Å². The molecule has 1 aromatic rings. The van der Waals surface area contributed by atoms with Crippen molar-refractivity contribution in [3.8, 4) is 5.75 Å². The number of ether oxygens (including phenoxy) is 1. The van der Waals surface area contributed by atoms with E-state index in [2.05, 4.69) is 37.8 Å². The van der Waals surface area contributed by atoms with Crippen LogP contribution in [0.3, 0.4) is 0 Å². The Balaban J connectivity index is 2.69. The molecule has 1 aromatic carbocycles. The van der Waals surface area contributed by atoms with E-state index in [9.17, 15) is 0 Å². The lowest BCUT2D eigenvalue weighted by atomic mass is 9.90.